The molecule has 30 heavy (non-hydrogen) atoms. The van der Waals surface area contributed by atoms with Crippen LogP contribution in [0.5, 0.6) is 11.5 Å². The highest BCUT2D eigenvalue weighted by Crippen LogP contribution is 2.39. The van der Waals surface area contributed by atoms with Gasteiger partial charge in [0.15, 0.2) is 0 Å². The number of rotatable bonds is 7. The number of benzene rings is 1. The first-order chi connectivity index (χ1) is 14.7. The van der Waals surface area contributed by atoms with Crippen molar-refractivity contribution in [3.8, 4) is 23.0 Å². The molecule has 0 N–H and O–H groups in total. The van der Waals surface area contributed by atoms with Crippen LogP contribution in [0.4, 0.5) is 0 Å². The number of aromatic nitrogens is 3. The number of pyridine rings is 1. The van der Waals surface area contributed by atoms with Crippen molar-refractivity contribution >= 4 is 5.91 Å². The maximum absolute atomic E-state index is 13.0. The Morgan fingerprint density at radius 1 is 1.23 bits per heavy atom. The Hall–Kier alpha value is -3.42. The molecule has 1 atom stereocenters. The minimum Gasteiger partial charge on any atom is -0.497 e. The zero-order chi connectivity index (χ0) is 20.9. The Morgan fingerprint density at radius 3 is 2.90 bits per heavy atom. The van der Waals surface area contributed by atoms with Crippen molar-refractivity contribution in [2.45, 2.75) is 31.7 Å². The summed E-state index contributed by atoms with van der Waals surface area (Å²) in [6.45, 7) is 0.715. The van der Waals surface area contributed by atoms with Crippen LogP contribution >= 0.6 is 0 Å². The number of aryl methyl sites for hydroxylation is 1. The molecule has 1 saturated heterocycles. The van der Waals surface area contributed by atoms with Gasteiger partial charge < -0.3 is 18.9 Å². The standard InChI is InChI=1S/C22H24N4O4/c1-28-15-8-9-19(29-2)16(14-15)18-7-5-13-26(18)21(27)11-10-20-24-22(25-30-20)17-6-3-4-12-23-17/h3-4,6,8-9,12,14,18H,5,7,10-11,13H2,1-2H3. The van der Waals surface area contributed by atoms with Crippen molar-refractivity contribution in [2.75, 3.05) is 20.8 Å². The van der Waals surface area contributed by atoms with Crippen LogP contribution in [-0.4, -0.2) is 46.7 Å². The Labute approximate surface area is 174 Å². The number of carbonyl (C=O) groups is 1. The molecule has 1 fully saturated rings. The third-order valence-corrected chi connectivity index (χ3v) is 5.28. The zero-order valence-electron chi connectivity index (χ0n) is 17.1. The van der Waals surface area contributed by atoms with Gasteiger partial charge in [0, 0.05) is 31.1 Å². The van der Waals surface area contributed by atoms with E-state index in [9.17, 15) is 4.79 Å². The van der Waals surface area contributed by atoms with Crippen molar-refractivity contribution in [3.05, 3.63) is 54.0 Å². The van der Waals surface area contributed by atoms with Crippen LogP contribution in [-0.2, 0) is 11.2 Å². The number of likely N-dealkylation sites (tertiary alicyclic amines) is 1. The molecule has 0 bridgehead atoms. The summed E-state index contributed by atoms with van der Waals surface area (Å²) in [6, 6.07) is 11.2. The molecule has 4 rings (SSSR count). The minimum absolute atomic E-state index is 0.0330. The summed E-state index contributed by atoms with van der Waals surface area (Å²) in [5, 5.41) is 3.96. The predicted molar refractivity (Wildman–Crippen MR) is 109 cm³/mol. The van der Waals surface area contributed by atoms with Gasteiger partial charge in [0.05, 0.1) is 20.3 Å². The third kappa shape index (κ3) is 4.12. The van der Waals surface area contributed by atoms with E-state index in [0.717, 1.165) is 29.9 Å². The molecule has 0 aliphatic carbocycles. The number of carbonyl (C=O) groups excluding carboxylic acids is 1. The molecule has 0 radical (unpaired) electrons. The second kappa shape index (κ2) is 8.94. The van der Waals surface area contributed by atoms with Gasteiger partial charge in [-0.05, 0) is 43.2 Å². The van der Waals surface area contributed by atoms with E-state index in [1.165, 1.54) is 0 Å². The fraction of sp³-hybridized carbons (Fsp3) is 0.364. The molecule has 8 nitrogen and oxygen atoms in total. The molecule has 0 saturated carbocycles. The van der Waals surface area contributed by atoms with Crippen molar-refractivity contribution < 1.29 is 18.8 Å². The molecule has 1 unspecified atom stereocenters. The average molecular weight is 408 g/mol. The summed E-state index contributed by atoms with van der Waals surface area (Å²) in [5.41, 5.74) is 1.61. The molecule has 8 heteroatoms. The Morgan fingerprint density at radius 2 is 2.13 bits per heavy atom. The Bertz CT molecular complexity index is 1010. The van der Waals surface area contributed by atoms with Crippen LogP contribution in [0.2, 0.25) is 0 Å². The largest absolute Gasteiger partial charge is 0.497 e. The van der Waals surface area contributed by atoms with Gasteiger partial charge in [-0.25, -0.2) is 0 Å². The van der Waals surface area contributed by atoms with E-state index in [1.54, 1.807) is 20.4 Å². The number of ether oxygens (including phenoxy) is 2. The molecule has 0 spiro atoms. The van der Waals surface area contributed by atoms with Crippen LogP contribution in [0.25, 0.3) is 11.5 Å². The van der Waals surface area contributed by atoms with E-state index in [1.807, 2.05) is 41.3 Å². The summed E-state index contributed by atoms with van der Waals surface area (Å²) >= 11 is 0. The summed E-state index contributed by atoms with van der Waals surface area (Å²) < 4.78 is 16.2. The molecule has 156 valence electrons. The van der Waals surface area contributed by atoms with Gasteiger partial charge in [0.25, 0.3) is 0 Å². The van der Waals surface area contributed by atoms with Crippen LogP contribution in [0.15, 0.2) is 47.1 Å². The molecule has 1 aromatic carbocycles. The molecular weight excluding hydrogens is 384 g/mol. The van der Waals surface area contributed by atoms with Gasteiger partial charge >= 0.3 is 0 Å². The summed E-state index contributed by atoms with van der Waals surface area (Å²) in [5.74, 6) is 2.42. The van der Waals surface area contributed by atoms with Crippen molar-refractivity contribution in [1.82, 2.24) is 20.0 Å². The lowest BCUT2D eigenvalue weighted by molar-refractivity contribution is -0.132. The predicted octanol–water partition coefficient (Wildman–Crippen LogP) is 3.45. The third-order valence-electron chi connectivity index (χ3n) is 5.28. The van der Waals surface area contributed by atoms with Crippen LogP contribution in [0.1, 0.15) is 36.8 Å². The first-order valence-corrected chi connectivity index (χ1v) is 9.95. The summed E-state index contributed by atoms with van der Waals surface area (Å²) in [4.78, 5) is 23.5. The van der Waals surface area contributed by atoms with Gasteiger partial charge in [0.2, 0.25) is 17.6 Å². The zero-order valence-corrected chi connectivity index (χ0v) is 17.1. The van der Waals surface area contributed by atoms with Gasteiger partial charge in [0.1, 0.15) is 17.2 Å². The van der Waals surface area contributed by atoms with E-state index >= 15 is 0 Å². The fourth-order valence-corrected chi connectivity index (χ4v) is 3.80. The van der Waals surface area contributed by atoms with Gasteiger partial charge in [-0.15, -0.1) is 0 Å². The first-order valence-electron chi connectivity index (χ1n) is 9.95. The number of hydrogen-bond donors (Lipinski definition) is 0. The van der Waals surface area contributed by atoms with Crippen LogP contribution in [0.3, 0.4) is 0 Å². The van der Waals surface area contributed by atoms with Crippen molar-refractivity contribution in [2.24, 2.45) is 0 Å². The topological polar surface area (TPSA) is 90.6 Å². The molecule has 1 amide bonds. The maximum atomic E-state index is 13.0. The normalized spacial score (nSPS) is 15.9. The van der Waals surface area contributed by atoms with Crippen molar-refractivity contribution in [3.63, 3.8) is 0 Å². The van der Waals surface area contributed by atoms with Gasteiger partial charge in [-0.1, -0.05) is 11.2 Å². The average Bonchev–Trinajstić information content (AvgIpc) is 3.47. The highest BCUT2D eigenvalue weighted by Gasteiger charge is 2.32. The summed E-state index contributed by atoms with van der Waals surface area (Å²) in [7, 11) is 3.27. The van der Waals surface area contributed by atoms with E-state index in [4.69, 9.17) is 14.0 Å². The SMILES string of the molecule is COc1ccc(OC)c(C2CCCN2C(=O)CCc2nc(-c3ccccn3)no2)c1. The Kier molecular flexibility index (Phi) is 5.92. The highest BCUT2D eigenvalue weighted by atomic mass is 16.5. The fourth-order valence-electron chi connectivity index (χ4n) is 3.80. The quantitative estimate of drug-likeness (QED) is 0.591. The van der Waals surface area contributed by atoms with Gasteiger partial charge in [-0.2, -0.15) is 4.98 Å². The second-order valence-electron chi connectivity index (χ2n) is 7.08. The molecule has 1 aliphatic heterocycles. The number of hydrogen-bond acceptors (Lipinski definition) is 7. The number of amides is 1. The number of methoxy groups -OCH3 is 2. The molecule has 1 aliphatic rings. The van der Waals surface area contributed by atoms with Gasteiger partial charge in [-0.3, -0.25) is 9.78 Å². The lowest BCUT2D eigenvalue weighted by Crippen LogP contribution is -2.31. The summed E-state index contributed by atoms with van der Waals surface area (Å²) in [6.07, 6.45) is 4.19. The number of nitrogens with zero attached hydrogens (tertiary/aromatic N) is 4. The first kappa shape index (κ1) is 19.9. The van der Waals surface area contributed by atoms with Crippen LogP contribution in [0, 0.1) is 0 Å². The van der Waals surface area contributed by atoms with E-state index in [-0.39, 0.29) is 11.9 Å². The van der Waals surface area contributed by atoms with E-state index < -0.39 is 0 Å². The molecule has 3 heterocycles. The minimum atomic E-state index is -0.0330. The molecule has 3 aromatic rings. The Balaban J connectivity index is 1.44. The highest BCUT2D eigenvalue weighted by molar-refractivity contribution is 5.77. The van der Waals surface area contributed by atoms with Crippen LogP contribution < -0.4 is 9.47 Å². The van der Waals surface area contributed by atoms with E-state index in [0.29, 0.717) is 36.8 Å². The second-order valence-corrected chi connectivity index (χ2v) is 7.08. The monoisotopic (exact) mass is 408 g/mol. The lowest BCUT2D eigenvalue weighted by Gasteiger charge is -2.26. The lowest BCUT2D eigenvalue weighted by atomic mass is 10.0. The smallest absolute Gasteiger partial charge is 0.227 e. The molecule has 2 aromatic heterocycles. The van der Waals surface area contributed by atoms with E-state index in [2.05, 4.69) is 15.1 Å². The molecular formula is C22H24N4O4. The maximum Gasteiger partial charge on any atom is 0.227 e. The van der Waals surface area contributed by atoms with Crippen molar-refractivity contribution in [1.29, 1.82) is 0 Å².